The smallest absolute Gasteiger partial charge is 0.240 e. The molecule has 71 heavy (non-hydrogen) atoms. The second kappa shape index (κ2) is 20.9. The molecule has 0 spiro atoms. The van der Waals surface area contributed by atoms with Gasteiger partial charge in [0.05, 0.1) is 0 Å². The van der Waals surface area contributed by atoms with Gasteiger partial charge < -0.3 is 4.90 Å². The van der Waals surface area contributed by atoms with E-state index in [0.29, 0.717) is 35.5 Å². The molecule has 1 radical (unpaired) electrons. The third-order valence-corrected chi connectivity index (χ3v) is 18.2. The molecule has 0 saturated heterocycles. The second-order valence-corrected chi connectivity index (χ2v) is 24.7. The molecule has 0 amide bonds. The highest BCUT2D eigenvalue weighted by Gasteiger charge is 2.43. The molecule has 357 valence electrons. The second-order valence-electron chi connectivity index (χ2n) is 22.2. The molecule has 0 fully saturated rings. The topological polar surface area (TPSA) is 3.24 Å². The standard InChI is InChI=1S/C67H74B2NSi/c1-43(2)50-38-55(45(5)6)66(56(39-50)46(7)8)68-59-31-21-22-32-60(59)69(67-57(47(9)10)40-51(44(3)4)41-58(67)48(11)12)62-42-52(36-37-61(62)68)70(63-33-23-20-26-49(63)13)64-34-24-25-35-65(64)71(53-27-16-14-17-28-53)54-29-18-15-19-30-54/h14-48H,1-13H3. The predicted octanol–water partition coefficient (Wildman–Crippen LogP) is 12.1. The quantitative estimate of drug-likeness (QED) is 0.0776. The van der Waals surface area contributed by atoms with Crippen molar-refractivity contribution in [2.75, 3.05) is 4.90 Å². The number of hydrogen-bond acceptors (Lipinski definition) is 1. The molecule has 1 aliphatic heterocycles. The van der Waals surface area contributed by atoms with Gasteiger partial charge in [0.25, 0.3) is 0 Å². The van der Waals surface area contributed by atoms with E-state index in [0.717, 1.165) is 0 Å². The zero-order valence-corrected chi connectivity index (χ0v) is 45.8. The summed E-state index contributed by atoms with van der Waals surface area (Å²) >= 11 is 0. The molecule has 0 aliphatic carbocycles. The Kier molecular flexibility index (Phi) is 14.7. The third kappa shape index (κ3) is 9.58. The minimum atomic E-state index is -1.45. The first-order valence-corrected chi connectivity index (χ1v) is 28.2. The van der Waals surface area contributed by atoms with Crippen molar-refractivity contribution in [1.29, 1.82) is 0 Å². The van der Waals surface area contributed by atoms with Gasteiger partial charge in [0.1, 0.15) is 0 Å². The highest BCUT2D eigenvalue weighted by Crippen LogP contribution is 2.36. The van der Waals surface area contributed by atoms with E-state index in [4.69, 9.17) is 0 Å². The van der Waals surface area contributed by atoms with Crippen LogP contribution in [0.15, 0.2) is 176 Å². The maximum Gasteiger partial charge on any atom is 0.240 e. The summed E-state index contributed by atoms with van der Waals surface area (Å²) in [7, 11) is -1.45. The number of rotatable bonds is 14. The minimum absolute atomic E-state index is 0.0237. The van der Waals surface area contributed by atoms with Crippen LogP contribution in [0.1, 0.15) is 158 Å². The Bertz CT molecular complexity index is 3050. The number of nitrogens with zero attached hydrogens (tertiary/aromatic N) is 1. The fraction of sp³-hybridized carbons (Fsp3) is 0.284. The lowest BCUT2D eigenvalue weighted by molar-refractivity contribution is 0.812. The SMILES string of the molecule is Cc1ccccc1N(c1ccc2c(c1)B(c1c(C(C)C)cc(C(C)C)cc1C(C)C)c1ccccc1B2c1c(C(C)C)cc(C(C)C)cc1C(C)C)c1ccccc1[Si](c1ccccc1)c1ccccc1. The van der Waals surface area contributed by atoms with Crippen molar-refractivity contribution in [3.05, 3.63) is 215 Å². The molecular weight excluding hydrogens is 868 g/mol. The van der Waals surface area contributed by atoms with Crippen molar-refractivity contribution in [2.24, 2.45) is 0 Å². The molecule has 8 aromatic carbocycles. The molecule has 9 rings (SSSR count). The lowest BCUT2D eigenvalue weighted by Gasteiger charge is -2.38. The molecule has 1 heterocycles. The summed E-state index contributed by atoms with van der Waals surface area (Å²) in [6, 6.07) is 68.3. The molecule has 0 saturated carbocycles. The zero-order valence-electron chi connectivity index (χ0n) is 44.8. The van der Waals surface area contributed by atoms with Crippen LogP contribution in [0.4, 0.5) is 17.1 Å². The van der Waals surface area contributed by atoms with Gasteiger partial charge >= 0.3 is 0 Å². The number of hydrogen-bond donors (Lipinski definition) is 0. The van der Waals surface area contributed by atoms with Gasteiger partial charge in [-0.3, -0.25) is 0 Å². The first kappa shape index (κ1) is 49.9. The van der Waals surface area contributed by atoms with Crippen LogP contribution in [0.25, 0.3) is 0 Å². The Morgan fingerprint density at radius 1 is 0.352 bits per heavy atom. The lowest BCUT2D eigenvalue weighted by atomic mass is 9.20. The van der Waals surface area contributed by atoms with Crippen LogP contribution in [0.5, 0.6) is 0 Å². The minimum Gasteiger partial charge on any atom is -0.310 e. The Balaban J connectivity index is 1.41. The summed E-state index contributed by atoms with van der Waals surface area (Å²) in [6.07, 6.45) is 0. The summed E-state index contributed by atoms with van der Waals surface area (Å²) in [5.41, 5.74) is 22.3. The van der Waals surface area contributed by atoms with Crippen LogP contribution >= 0.6 is 0 Å². The van der Waals surface area contributed by atoms with Gasteiger partial charge in [0, 0.05) is 17.1 Å². The van der Waals surface area contributed by atoms with Gasteiger partial charge in [0.15, 0.2) is 8.80 Å². The Morgan fingerprint density at radius 2 is 0.732 bits per heavy atom. The number of para-hydroxylation sites is 2. The van der Waals surface area contributed by atoms with E-state index in [1.165, 1.54) is 104 Å². The van der Waals surface area contributed by atoms with Crippen molar-refractivity contribution in [3.8, 4) is 0 Å². The monoisotopic (exact) mass is 943 g/mol. The van der Waals surface area contributed by atoms with Crippen molar-refractivity contribution in [3.63, 3.8) is 0 Å². The van der Waals surface area contributed by atoms with Crippen LogP contribution in [-0.2, 0) is 0 Å². The normalized spacial score (nSPS) is 12.6. The summed E-state index contributed by atoms with van der Waals surface area (Å²) in [5.74, 6) is 2.27. The van der Waals surface area contributed by atoms with E-state index in [-0.39, 0.29) is 13.4 Å². The van der Waals surface area contributed by atoms with Crippen molar-refractivity contribution in [1.82, 2.24) is 0 Å². The van der Waals surface area contributed by atoms with E-state index in [1.54, 1.807) is 0 Å². The van der Waals surface area contributed by atoms with Crippen molar-refractivity contribution >= 4 is 87.6 Å². The Morgan fingerprint density at radius 3 is 1.17 bits per heavy atom. The average molecular weight is 943 g/mol. The fourth-order valence-corrected chi connectivity index (χ4v) is 14.4. The van der Waals surface area contributed by atoms with E-state index in [2.05, 4.69) is 271 Å². The largest absolute Gasteiger partial charge is 0.310 e. The van der Waals surface area contributed by atoms with Crippen LogP contribution in [0, 0.1) is 6.92 Å². The van der Waals surface area contributed by atoms with E-state index in [9.17, 15) is 0 Å². The van der Waals surface area contributed by atoms with E-state index >= 15 is 0 Å². The lowest BCUT2D eigenvalue weighted by Crippen LogP contribution is -2.76. The molecule has 0 aromatic heterocycles. The van der Waals surface area contributed by atoms with Gasteiger partial charge in [-0.1, -0.05) is 278 Å². The summed E-state index contributed by atoms with van der Waals surface area (Å²) in [5, 5.41) is 4.13. The Hall–Kier alpha value is -6.09. The van der Waals surface area contributed by atoms with Crippen molar-refractivity contribution < 1.29 is 0 Å². The molecule has 4 heteroatoms. The molecule has 0 atom stereocenters. The zero-order chi connectivity index (χ0) is 50.2. The van der Waals surface area contributed by atoms with Crippen LogP contribution in [0.3, 0.4) is 0 Å². The van der Waals surface area contributed by atoms with Crippen LogP contribution < -0.4 is 53.2 Å². The Labute approximate surface area is 430 Å². The summed E-state index contributed by atoms with van der Waals surface area (Å²) in [6.45, 7) is 31.1. The number of benzene rings is 8. The van der Waals surface area contributed by atoms with Crippen LogP contribution in [0.2, 0.25) is 0 Å². The molecule has 0 bridgehead atoms. The molecule has 0 N–H and O–H groups in total. The molecule has 0 unspecified atom stereocenters. The van der Waals surface area contributed by atoms with E-state index in [1.807, 2.05) is 0 Å². The van der Waals surface area contributed by atoms with Crippen molar-refractivity contribution in [2.45, 2.75) is 126 Å². The van der Waals surface area contributed by atoms with Gasteiger partial charge in [-0.05, 0) is 111 Å². The highest BCUT2D eigenvalue weighted by atomic mass is 28.3. The summed E-state index contributed by atoms with van der Waals surface area (Å²) < 4.78 is 0. The van der Waals surface area contributed by atoms with E-state index < -0.39 is 8.80 Å². The van der Waals surface area contributed by atoms with Gasteiger partial charge in [0.2, 0.25) is 13.4 Å². The highest BCUT2D eigenvalue weighted by molar-refractivity contribution is 7.11. The molecule has 8 aromatic rings. The van der Waals surface area contributed by atoms with Gasteiger partial charge in [-0.2, -0.15) is 0 Å². The van der Waals surface area contributed by atoms with Gasteiger partial charge in [-0.25, -0.2) is 0 Å². The first-order valence-electron chi connectivity index (χ1n) is 26.7. The maximum absolute atomic E-state index is 2.64. The molecule has 1 aliphatic rings. The predicted molar refractivity (Wildman–Crippen MR) is 317 cm³/mol. The number of fused-ring (bicyclic) bond motifs is 2. The third-order valence-electron chi connectivity index (χ3n) is 15.4. The van der Waals surface area contributed by atoms with Crippen LogP contribution in [-0.4, -0.2) is 22.2 Å². The number of aryl methyl sites for hydroxylation is 1. The molecular formula is C67H74B2NSi. The van der Waals surface area contributed by atoms with Gasteiger partial charge in [-0.15, -0.1) is 0 Å². The first-order chi connectivity index (χ1) is 34.2. The average Bonchev–Trinajstić information content (AvgIpc) is 3.36. The summed E-state index contributed by atoms with van der Waals surface area (Å²) in [4.78, 5) is 2.61. The molecule has 1 nitrogen and oxygen atoms in total. The number of anilines is 3. The fourth-order valence-electron chi connectivity index (χ4n) is 11.7. The maximum atomic E-state index is 2.64.